The molecule has 0 unspecified atom stereocenters. The van der Waals surface area contributed by atoms with Gasteiger partial charge in [0.05, 0.1) is 23.8 Å². The number of nitrogens with one attached hydrogen (secondary N) is 2. The Balaban J connectivity index is 1.30. The summed E-state index contributed by atoms with van der Waals surface area (Å²) >= 11 is 0. The Hall–Kier alpha value is -3.32. The maximum absolute atomic E-state index is 15.1. The SMILES string of the molecule is N#C[C@H](Cc1ccc(-c2ccc3cnn(C4CCOCC4)c3c2)cc1F)NC(=O)[C@@H]1CNCCCO1. The standard InChI is InChI=1S/C27H30FN5O3/c28-24-13-18(19-3-5-21-16-31-33(25(21)14-19)23-6-10-35-11-7-23)2-4-20(24)12-22(15-29)32-27(34)26-17-30-8-1-9-36-26/h2-5,13-14,16,22-23,26,30H,1,6-12,17H2,(H,32,34)/t22-,26-/m0/s1. The Labute approximate surface area is 209 Å². The summed E-state index contributed by atoms with van der Waals surface area (Å²) in [5.41, 5.74) is 3.03. The van der Waals surface area contributed by atoms with Crippen molar-refractivity contribution < 1.29 is 18.7 Å². The highest BCUT2D eigenvalue weighted by Crippen LogP contribution is 2.30. The van der Waals surface area contributed by atoms with Crippen molar-refractivity contribution in [2.45, 2.75) is 43.9 Å². The number of amides is 1. The van der Waals surface area contributed by atoms with Crippen LogP contribution >= 0.6 is 0 Å². The van der Waals surface area contributed by atoms with Crippen molar-refractivity contribution in [1.29, 1.82) is 5.26 Å². The molecule has 8 nitrogen and oxygen atoms in total. The van der Waals surface area contributed by atoms with Crippen LogP contribution in [0.15, 0.2) is 42.6 Å². The van der Waals surface area contributed by atoms with E-state index in [1.54, 1.807) is 6.07 Å². The second-order valence-corrected chi connectivity index (χ2v) is 9.32. The van der Waals surface area contributed by atoms with Crippen molar-refractivity contribution in [2.24, 2.45) is 0 Å². The number of nitriles is 1. The van der Waals surface area contributed by atoms with Crippen molar-refractivity contribution in [1.82, 2.24) is 20.4 Å². The first-order valence-corrected chi connectivity index (χ1v) is 12.5. The first-order valence-electron chi connectivity index (χ1n) is 12.5. The average molecular weight is 492 g/mol. The zero-order valence-electron chi connectivity index (χ0n) is 20.1. The Morgan fingerprint density at radius 3 is 2.83 bits per heavy atom. The summed E-state index contributed by atoms with van der Waals surface area (Å²) in [4.78, 5) is 12.5. The Kier molecular flexibility index (Phi) is 7.56. The van der Waals surface area contributed by atoms with E-state index < -0.39 is 18.0 Å². The first kappa shape index (κ1) is 24.4. The van der Waals surface area contributed by atoms with Crippen LogP contribution in [0.1, 0.15) is 30.9 Å². The van der Waals surface area contributed by atoms with Crippen molar-refractivity contribution in [3.63, 3.8) is 0 Å². The van der Waals surface area contributed by atoms with Crippen LogP contribution in [0.4, 0.5) is 4.39 Å². The number of hydrogen-bond acceptors (Lipinski definition) is 6. The maximum Gasteiger partial charge on any atom is 0.251 e. The summed E-state index contributed by atoms with van der Waals surface area (Å²) in [7, 11) is 0. The predicted octanol–water partition coefficient (Wildman–Crippen LogP) is 3.12. The van der Waals surface area contributed by atoms with Gasteiger partial charge in [0.2, 0.25) is 0 Å². The topological polar surface area (TPSA) is 101 Å². The van der Waals surface area contributed by atoms with Gasteiger partial charge in [-0.25, -0.2) is 4.39 Å². The highest BCUT2D eigenvalue weighted by atomic mass is 19.1. The fourth-order valence-electron chi connectivity index (χ4n) is 4.83. The van der Waals surface area contributed by atoms with Crippen molar-refractivity contribution in [3.05, 3.63) is 54.0 Å². The van der Waals surface area contributed by atoms with Gasteiger partial charge in [0.1, 0.15) is 18.0 Å². The van der Waals surface area contributed by atoms with Crippen LogP contribution < -0.4 is 10.6 Å². The smallest absolute Gasteiger partial charge is 0.251 e. The number of aromatic nitrogens is 2. The van der Waals surface area contributed by atoms with Crippen molar-refractivity contribution in [3.8, 4) is 17.2 Å². The summed E-state index contributed by atoms with van der Waals surface area (Å²) < 4.78 is 28.2. The molecule has 0 aliphatic carbocycles. The minimum absolute atomic E-state index is 0.0735. The van der Waals surface area contributed by atoms with E-state index in [9.17, 15) is 10.1 Å². The van der Waals surface area contributed by atoms with Gasteiger partial charge < -0.3 is 20.1 Å². The van der Waals surface area contributed by atoms with Crippen LogP contribution in [-0.2, 0) is 20.7 Å². The highest BCUT2D eigenvalue weighted by Gasteiger charge is 2.24. The molecule has 188 valence electrons. The minimum Gasteiger partial charge on any atom is -0.381 e. The fraction of sp³-hybridized carbons (Fsp3) is 0.444. The number of benzene rings is 2. The summed E-state index contributed by atoms with van der Waals surface area (Å²) in [6.07, 6.45) is 3.96. The monoisotopic (exact) mass is 491 g/mol. The number of hydrogen-bond donors (Lipinski definition) is 2. The Bertz CT molecular complexity index is 1260. The number of carbonyl (C=O) groups excluding carboxylic acids is 1. The van der Waals surface area contributed by atoms with Gasteiger partial charge >= 0.3 is 0 Å². The zero-order valence-corrected chi connectivity index (χ0v) is 20.1. The van der Waals surface area contributed by atoms with Gasteiger partial charge in [-0.15, -0.1) is 0 Å². The molecule has 1 amide bonds. The summed E-state index contributed by atoms with van der Waals surface area (Å²) in [6.45, 7) is 3.12. The lowest BCUT2D eigenvalue weighted by molar-refractivity contribution is -0.132. The molecule has 0 radical (unpaired) electrons. The molecule has 3 heterocycles. The molecular formula is C27H30FN5O3. The van der Waals surface area contributed by atoms with Gasteiger partial charge in [0.25, 0.3) is 5.91 Å². The maximum atomic E-state index is 15.1. The lowest BCUT2D eigenvalue weighted by atomic mass is 9.99. The van der Waals surface area contributed by atoms with E-state index in [1.165, 1.54) is 6.07 Å². The third-order valence-electron chi connectivity index (χ3n) is 6.86. The molecule has 0 spiro atoms. The van der Waals surface area contributed by atoms with E-state index in [-0.39, 0.29) is 12.3 Å². The number of fused-ring (bicyclic) bond motifs is 1. The molecule has 2 aromatic carbocycles. The van der Waals surface area contributed by atoms with Crippen LogP contribution in [0.5, 0.6) is 0 Å². The van der Waals surface area contributed by atoms with Crippen LogP contribution in [0.3, 0.4) is 0 Å². The number of nitrogens with zero attached hydrogens (tertiary/aromatic N) is 3. The molecule has 2 atom stereocenters. The lowest BCUT2D eigenvalue weighted by Crippen LogP contribution is -2.46. The molecule has 2 aliphatic heterocycles. The number of ether oxygens (including phenoxy) is 2. The molecular weight excluding hydrogens is 461 g/mol. The largest absolute Gasteiger partial charge is 0.381 e. The van der Waals surface area contributed by atoms with Crippen LogP contribution in [0.2, 0.25) is 0 Å². The number of halogens is 1. The molecule has 9 heteroatoms. The second-order valence-electron chi connectivity index (χ2n) is 9.32. The average Bonchev–Trinajstić information content (AvgIpc) is 3.13. The molecule has 2 N–H and O–H groups in total. The molecule has 3 aromatic rings. The second kappa shape index (κ2) is 11.2. The molecule has 2 fully saturated rings. The zero-order chi connectivity index (χ0) is 24.9. The third kappa shape index (κ3) is 5.41. The first-order chi connectivity index (χ1) is 17.6. The van der Waals surface area contributed by atoms with Crippen LogP contribution in [0, 0.1) is 17.1 Å². The molecule has 1 aromatic heterocycles. The summed E-state index contributed by atoms with van der Waals surface area (Å²) in [5.74, 6) is -0.769. The minimum atomic E-state index is -0.852. The van der Waals surface area contributed by atoms with Crippen LogP contribution in [0.25, 0.3) is 22.0 Å². The normalized spacial score (nSPS) is 19.9. The van der Waals surface area contributed by atoms with E-state index in [2.05, 4.69) is 26.5 Å². The summed E-state index contributed by atoms with van der Waals surface area (Å²) in [6, 6.07) is 12.6. The highest BCUT2D eigenvalue weighted by molar-refractivity contribution is 5.84. The molecule has 36 heavy (non-hydrogen) atoms. The van der Waals surface area contributed by atoms with E-state index >= 15 is 4.39 Å². The third-order valence-corrected chi connectivity index (χ3v) is 6.86. The summed E-state index contributed by atoms with van der Waals surface area (Å²) in [5, 5.41) is 21.0. The van der Waals surface area contributed by atoms with E-state index in [1.807, 2.05) is 30.5 Å². The molecule has 2 saturated heterocycles. The van der Waals surface area contributed by atoms with Gasteiger partial charge in [0.15, 0.2) is 0 Å². The van der Waals surface area contributed by atoms with Gasteiger partial charge in [-0.05, 0) is 54.6 Å². The van der Waals surface area contributed by atoms with Crippen LogP contribution in [-0.4, -0.2) is 60.7 Å². The quantitative estimate of drug-likeness (QED) is 0.550. The molecule has 2 aliphatic rings. The van der Waals surface area contributed by atoms with Crippen molar-refractivity contribution in [2.75, 3.05) is 32.9 Å². The van der Waals surface area contributed by atoms with Gasteiger partial charge in [-0.3, -0.25) is 9.48 Å². The van der Waals surface area contributed by atoms with Gasteiger partial charge in [0, 0.05) is 38.2 Å². The number of carbonyl (C=O) groups is 1. The molecule has 0 saturated carbocycles. The van der Waals surface area contributed by atoms with E-state index in [4.69, 9.17) is 9.47 Å². The van der Waals surface area contributed by atoms with Gasteiger partial charge in [-0.2, -0.15) is 10.4 Å². The van der Waals surface area contributed by atoms with Crippen molar-refractivity contribution >= 4 is 16.8 Å². The fourth-order valence-corrected chi connectivity index (χ4v) is 4.83. The molecule has 5 rings (SSSR count). The molecule has 0 bridgehead atoms. The lowest BCUT2D eigenvalue weighted by Gasteiger charge is -2.23. The Morgan fingerprint density at radius 2 is 2.03 bits per heavy atom. The Morgan fingerprint density at radius 1 is 1.22 bits per heavy atom. The van der Waals surface area contributed by atoms with E-state index in [0.717, 1.165) is 61.1 Å². The predicted molar refractivity (Wildman–Crippen MR) is 133 cm³/mol. The van der Waals surface area contributed by atoms with Gasteiger partial charge in [-0.1, -0.05) is 24.3 Å². The number of rotatable bonds is 6. The van der Waals surface area contributed by atoms with E-state index in [0.29, 0.717) is 24.8 Å².